The van der Waals surface area contributed by atoms with E-state index in [9.17, 15) is 14.4 Å². The van der Waals surface area contributed by atoms with Crippen LogP contribution in [0.15, 0.2) is 113 Å². The van der Waals surface area contributed by atoms with Crippen molar-refractivity contribution < 1.29 is 23.9 Å². The van der Waals surface area contributed by atoms with Gasteiger partial charge in [-0.25, -0.2) is 4.98 Å². The Bertz CT molecular complexity index is 1970. The van der Waals surface area contributed by atoms with Crippen molar-refractivity contribution in [2.45, 2.75) is 17.1 Å². The fourth-order valence-corrected chi connectivity index (χ4v) is 6.32. The van der Waals surface area contributed by atoms with E-state index in [1.165, 1.54) is 23.1 Å². The van der Waals surface area contributed by atoms with Crippen molar-refractivity contribution in [3.8, 4) is 22.8 Å². The number of nitrogens with zero attached hydrogens (tertiary/aromatic N) is 1. The van der Waals surface area contributed by atoms with Gasteiger partial charge in [0.1, 0.15) is 5.70 Å². The van der Waals surface area contributed by atoms with Crippen molar-refractivity contribution in [2.24, 2.45) is 0 Å². The molecule has 0 saturated heterocycles. The van der Waals surface area contributed by atoms with E-state index in [2.05, 4.69) is 20.9 Å². The highest BCUT2D eigenvalue weighted by atomic mass is 35.5. The van der Waals surface area contributed by atoms with Crippen LogP contribution in [0.4, 0.5) is 10.8 Å². The molecule has 5 rings (SSSR count). The predicted molar refractivity (Wildman–Crippen MR) is 193 cm³/mol. The highest BCUT2D eigenvalue weighted by molar-refractivity contribution is 8.00. The van der Waals surface area contributed by atoms with E-state index < -0.39 is 17.1 Å². The molecule has 0 aliphatic carbocycles. The fourth-order valence-electron chi connectivity index (χ4n) is 4.47. The molecule has 5 aromatic rings. The average molecular weight is 699 g/mol. The standard InChI is InChI=1S/C36H31ClN4O5S2/c1-22(33(42)41-36-40-30(21-47-36)25-15-16-31(45-2)32(19-25)46-3)48-28-14-8-13-27(20-28)38-35(44)29(18-23-9-7-12-26(37)17-23)39-34(43)24-10-5-4-6-11-24/h4-22H,1-3H3,(H,38,44)(H,39,43)(H,40,41,42)/b29-18-. The molecule has 244 valence electrons. The summed E-state index contributed by atoms with van der Waals surface area (Å²) in [7, 11) is 3.15. The van der Waals surface area contributed by atoms with Crippen LogP contribution in [0.3, 0.4) is 0 Å². The van der Waals surface area contributed by atoms with E-state index in [4.69, 9.17) is 21.1 Å². The smallest absolute Gasteiger partial charge is 0.272 e. The molecule has 3 N–H and O–H groups in total. The number of hydrogen-bond donors (Lipinski definition) is 3. The second-order valence-electron chi connectivity index (χ2n) is 10.3. The Kier molecular flexibility index (Phi) is 11.5. The zero-order valence-corrected chi connectivity index (χ0v) is 28.5. The molecule has 0 aliphatic rings. The van der Waals surface area contributed by atoms with Crippen molar-refractivity contribution in [1.82, 2.24) is 10.3 Å². The van der Waals surface area contributed by atoms with Crippen molar-refractivity contribution in [1.29, 1.82) is 0 Å². The summed E-state index contributed by atoms with van der Waals surface area (Å²) in [6.45, 7) is 1.79. The number of anilines is 2. The summed E-state index contributed by atoms with van der Waals surface area (Å²) in [4.78, 5) is 44.8. The third kappa shape index (κ3) is 9.03. The Morgan fingerprint density at radius 2 is 1.65 bits per heavy atom. The van der Waals surface area contributed by atoms with Gasteiger partial charge < -0.3 is 25.4 Å². The number of rotatable bonds is 12. The molecule has 0 bridgehead atoms. The maximum Gasteiger partial charge on any atom is 0.272 e. The van der Waals surface area contributed by atoms with Gasteiger partial charge in [-0.15, -0.1) is 23.1 Å². The lowest BCUT2D eigenvalue weighted by molar-refractivity contribution is -0.115. The number of carbonyl (C=O) groups is 3. The number of aromatic nitrogens is 1. The van der Waals surface area contributed by atoms with Crippen molar-refractivity contribution >= 4 is 69.3 Å². The molecule has 9 nitrogen and oxygen atoms in total. The molecule has 4 aromatic carbocycles. The van der Waals surface area contributed by atoms with Crippen molar-refractivity contribution in [3.05, 3.63) is 124 Å². The lowest BCUT2D eigenvalue weighted by Crippen LogP contribution is -2.30. The van der Waals surface area contributed by atoms with Crippen LogP contribution in [0, 0.1) is 0 Å². The molecule has 12 heteroatoms. The van der Waals surface area contributed by atoms with Crippen LogP contribution in [0.5, 0.6) is 11.5 Å². The second-order valence-corrected chi connectivity index (χ2v) is 13.0. The van der Waals surface area contributed by atoms with Gasteiger partial charge in [-0.3, -0.25) is 14.4 Å². The number of thiazole rings is 1. The van der Waals surface area contributed by atoms with Crippen molar-refractivity contribution in [3.63, 3.8) is 0 Å². The molecule has 1 unspecified atom stereocenters. The maximum absolute atomic E-state index is 13.5. The SMILES string of the molecule is COc1ccc(-c2csc(NC(=O)C(C)Sc3cccc(NC(=O)/C(=C/c4cccc(Cl)c4)NC(=O)c4ccccc4)c3)n2)cc1OC. The first-order chi connectivity index (χ1) is 23.2. The Morgan fingerprint density at radius 1 is 0.875 bits per heavy atom. The number of ether oxygens (including phenoxy) is 2. The van der Waals surface area contributed by atoms with Crippen LogP contribution >= 0.6 is 34.7 Å². The number of amides is 3. The van der Waals surface area contributed by atoms with Gasteiger partial charge in [0.25, 0.3) is 11.8 Å². The van der Waals surface area contributed by atoms with E-state index in [0.717, 1.165) is 10.5 Å². The zero-order valence-electron chi connectivity index (χ0n) is 26.2. The topological polar surface area (TPSA) is 119 Å². The molecule has 0 saturated carbocycles. The van der Waals surface area contributed by atoms with Crippen LogP contribution in [-0.2, 0) is 9.59 Å². The third-order valence-electron chi connectivity index (χ3n) is 6.88. The highest BCUT2D eigenvalue weighted by Crippen LogP contribution is 2.34. The molecule has 3 amide bonds. The van der Waals surface area contributed by atoms with E-state index in [-0.39, 0.29) is 11.6 Å². The number of benzene rings is 4. The van der Waals surface area contributed by atoms with Gasteiger partial charge in [-0.1, -0.05) is 48.0 Å². The summed E-state index contributed by atoms with van der Waals surface area (Å²) in [5.74, 6) is 0.0182. The minimum atomic E-state index is -0.527. The van der Waals surface area contributed by atoms with E-state index >= 15 is 0 Å². The van der Waals surface area contributed by atoms with Gasteiger partial charge in [0, 0.05) is 32.1 Å². The Labute approximate surface area is 291 Å². The quantitative estimate of drug-likeness (QED) is 0.0892. The number of methoxy groups -OCH3 is 2. The summed E-state index contributed by atoms with van der Waals surface area (Å²) >= 11 is 8.80. The number of halogens is 1. The van der Waals surface area contributed by atoms with Gasteiger partial charge >= 0.3 is 0 Å². The molecule has 1 heterocycles. The van der Waals surface area contributed by atoms with Crippen LogP contribution < -0.4 is 25.4 Å². The van der Waals surface area contributed by atoms with E-state index in [1.54, 1.807) is 106 Å². The minimum absolute atomic E-state index is 0.0350. The molecule has 1 atom stereocenters. The molecular weight excluding hydrogens is 668 g/mol. The first-order valence-electron chi connectivity index (χ1n) is 14.6. The lowest BCUT2D eigenvalue weighted by atomic mass is 10.1. The molecule has 0 fully saturated rings. The first-order valence-corrected chi connectivity index (χ1v) is 16.8. The van der Waals surface area contributed by atoms with Crippen LogP contribution in [-0.4, -0.2) is 42.2 Å². The number of thioether (sulfide) groups is 1. The van der Waals surface area contributed by atoms with Gasteiger partial charge in [0.05, 0.1) is 25.2 Å². The highest BCUT2D eigenvalue weighted by Gasteiger charge is 2.19. The monoisotopic (exact) mass is 698 g/mol. The van der Waals surface area contributed by atoms with Gasteiger partial charge in [0.2, 0.25) is 5.91 Å². The van der Waals surface area contributed by atoms with Crippen LogP contribution in [0.25, 0.3) is 17.3 Å². The molecule has 1 aromatic heterocycles. The normalized spacial score (nSPS) is 11.7. The summed E-state index contributed by atoms with van der Waals surface area (Å²) in [6.07, 6.45) is 1.56. The molecular formula is C36H31ClN4O5S2. The van der Waals surface area contributed by atoms with Crippen LogP contribution in [0.1, 0.15) is 22.8 Å². The average Bonchev–Trinajstić information content (AvgIpc) is 3.56. The predicted octanol–water partition coefficient (Wildman–Crippen LogP) is 8.01. The summed E-state index contributed by atoms with van der Waals surface area (Å²) < 4.78 is 10.7. The fraction of sp³-hybridized carbons (Fsp3) is 0.111. The van der Waals surface area contributed by atoms with E-state index in [1.807, 2.05) is 23.6 Å². The second kappa shape index (κ2) is 16.1. The van der Waals surface area contributed by atoms with Crippen LogP contribution in [0.2, 0.25) is 5.02 Å². The van der Waals surface area contributed by atoms with Gasteiger partial charge in [-0.05, 0) is 79.2 Å². The van der Waals surface area contributed by atoms with E-state index in [0.29, 0.717) is 44.2 Å². The minimum Gasteiger partial charge on any atom is -0.493 e. The number of carbonyl (C=O) groups excluding carboxylic acids is 3. The summed E-state index contributed by atoms with van der Waals surface area (Å²) in [5.41, 5.74) is 3.10. The maximum atomic E-state index is 13.5. The summed E-state index contributed by atoms with van der Waals surface area (Å²) in [6, 6.07) is 28.2. The van der Waals surface area contributed by atoms with Gasteiger partial charge in [-0.2, -0.15) is 0 Å². The Hall–Kier alpha value is -5.10. The van der Waals surface area contributed by atoms with Gasteiger partial charge in [0.15, 0.2) is 16.6 Å². The first kappa shape index (κ1) is 34.2. The van der Waals surface area contributed by atoms with Crippen molar-refractivity contribution in [2.75, 3.05) is 24.9 Å². The Morgan fingerprint density at radius 3 is 2.40 bits per heavy atom. The third-order valence-corrected chi connectivity index (χ3v) is 8.96. The number of hydrogen-bond acceptors (Lipinski definition) is 8. The molecule has 0 aliphatic heterocycles. The number of nitrogens with one attached hydrogen (secondary N) is 3. The molecule has 48 heavy (non-hydrogen) atoms. The zero-order chi connectivity index (χ0) is 34.0. The largest absolute Gasteiger partial charge is 0.493 e. The lowest BCUT2D eigenvalue weighted by Gasteiger charge is -2.14. The Balaban J connectivity index is 1.24. The summed E-state index contributed by atoms with van der Waals surface area (Å²) in [5, 5.41) is 10.8. The molecule has 0 radical (unpaired) electrons. The molecule has 0 spiro atoms.